The number of para-hydroxylation sites is 1. The number of hydrogen-bond donors (Lipinski definition) is 2. The number of aromatic nitrogens is 3. The Morgan fingerprint density at radius 3 is 2.39 bits per heavy atom. The molecule has 0 spiro atoms. The molecular weight excluding hydrogens is 373 g/mol. The molecule has 0 fully saturated rings. The van der Waals surface area contributed by atoms with Crippen molar-refractivity contribution in [2.24, 2.45) is 5.73 Å². The van der Waals surface area contributed by atoms with Crippen LogP contribution >= 0.6 is 0 Å². The Kier molecular flexibility index (Phi) is 3.99. The zero-order valence-electron chi connectivity index (χ0n) is 14.0. The van der Waals surface area contributed by atoms with Crippen LogP contribution in [0.4, 0.5) is 13.2 Å². The van der Waals surface area contributed by atoms with Crippen LogP contribution in [0.15, 0.2) is 53.5 Å². The van der Waals surface area contributed by atoms with Crippen LogP contribution in [-0.2, 0) is 0 Å². The average molecular weight is 384 g/mol. The molecule has 28 heavy (non-hydrogen) atoms. The molecule has 0 saturated carbocycles. The van der Waals surface area contributed by atoms with Crippen molar-refractivity contribution in [1.82, 2.24) is 14.8 Å². The number of halogens is 3. The molecule has 2 heterocycles. The number of amides is 1. The van der Waals surface area contributed by atoms with E-state index in [9.17, 15) is 22.8 Å². The van der Waals surface area contributed by atoms with Crippen LogP contribution in [0.2, 0.25) is 0 Å². The fourth-order valence-corrected chi connectivity index (χ4v) is 2.99. The first-order valence-corrected chi connectivity index (χ1v) is 8.03. The average Bonchev–Trinajstić information content (AvgIpc) is 3.02. The minimum absolute atomic E-state index is 0.0594. The molecule has 0 aliphatic rings. The van der Waals surface area contributed by atoms with Gasteiger partial charge in [-0.05, 0) is 36.4 Å². The van der Waals surface area contributed by atoms with Crippen molar-refractivity contribution < 1.29 is 18.0 Å². The summed E-state index contributed by atoms with van der Waals surface area (Å²) < 4.78 is 44.1. The van der Waals surface area contributed by atoms with Crippen LogP contribution in [-0.4, -0.2) is 20.7 Å². The van der Waals surface area contributed by atoms with Crippen LogP contribution in [0.25, 0.3) is 27.8 Å². The summed E-state index contributed by atoms with van der Waals surface area (Å²) in [6, 6.07) is 8.08. The number of nitrogens with two attached hydrogens (primary N) is 1. The van der Waals surface area contributed by atoms with Gasteiger partial charge in [-0.15, -0.1) is 0 Å². The van der Waals surface area contributed by atoms with E-state index in [0.29, 0.717) is 0 Å². The number of benzene rings is 2. The number of carbonyl (C=O) groups is 1. The minimum atomic E-state index is -0.902. The first-order valence-electron chi connectivity index (χ1n) is 8.03. The second kappa shape index (κ2) is 6.38. The van der Waals surface area contributed by atoms with Gasteiger partial charge in [0.25, 0.3) is 5.56 Å². The molecule has 0 bridgehead atoms. The van der Waals surface area contributed by atoms with Gasteiger partial charge in [-0.2, -0.15) is 5.10 Å². The topological polar surface area (TPSA) is 93.8 Å². The highest BCUT2D eigenvalue weighted by atomic mass is 19.1. The molecule has 140 valence electrons. The zero-order valence-corrected chi connectivity index (χ0v) is 14.0. The number of nitrogens with one attached hydrogen (secondary N) is 1. The number of aromatic amines is 1. The fraction of sp³-hybridized carbons (Fsp3) is 0. The summed E-state index contributed by atoms with van der Waals surface area (Å²) in [5.74, 6) is -3.49. The lowest BCUT2D eigenvalue weighted by molar-refractivity contribution is 0.1000. The second-order valence-corrected chi connectivity index (χ2v) is 5.96. The van der Waals surface area contributed by atoms with E-state index < -0.39 is 34.6 Å². The van der Waals surface area contributed by atoms with E-state index >= 15 is 0 Å². The predicted molar refractivity (Wildman–Crippen MR) is 95.5 cm³/mol. The molecule has 0 saturated heterocycles. The van der Waals surface area contributed by atoms with Crippen molar-refractivity contribution in [3.05, 3.63) is 82.0 Å². The maximum atomic E-state index is 14.6. The van der Waals surface area contributed by atoms with Crippen LogP contribution in [0.3, 0.4) is 0 Å². The number of nitrogens with zero attached hydrogens (tertiary/aromatic N) is 2. The molecule has 4 aromatic rings. The Balaban J connectivity index is 2.07. The largest absolute Gasteiger partial charge is 0.366 e. The lowest BCUT2D eigenvalue weighted by Crippen LogP contribution is -2.11. The Bertz CT molecular complexity index is 1290. The predicted octanol–water partition coefficient (Wildman–Crippen LogP) is 2.90. The highest BCUT2D eigenvalue weighted by Crippen LogP contribution is 2.31. The summed E-state index contributed by atoms with van der Waals surface area (Å²) in [4.78, 5) is 26.0. The highest BCUT2D eigenvalue weighted by Gasteiger charge is 2.22. The van der Waals surface area contributed by atoms with Crippen LogP contribution < -0.4 is 11.3 Å². The third-order valence-electron chi connectivity index (χ3n) is 4.26. The summed E-state index contributed by atoms with van der Waals surface area (Å²) in [5.41, 5.74) is 3.78. The number of hydrogen-bond acceptors (Lipinski definition) is 3. The quantitative estimate of drug-likeness (QED) is 0.569. The highest BCUT2D eigenvalue weighted by molar-refractivity contribution is 5.96. The van der Waals surface area contributed by atoms with Crippen molar-refractivity contribution in [3.8, 4) is 16.9 Å². The number of primary amides is 1. The summed E-state index contributed by atoms with van der Waals surface area (Å²) in [6.45, 7) is 0. The van der Waals surface area contributed by atoms with E-state index in [0.717, 1.165) is 22.9 Å². The van der Waals surface area contributed by atoms with Gasteiger partial charge < -0.3 is 10.7 Å². The molecule has 1 amide bonds. The summed E-state index contributed by atoms with van der Waals surface area (Å²) in [6.07, 6.45) is 1.29. The Labute approximate surface area is 155 Å². The van der Waals surface area contributed by atoms with Crippen LogP contribution in [0.5, 0.6) is 0 Å². The standard InChI is InChI=1S/C19H11F3N4O2/c20-11-2-1-3-12(21)17(11)26-14-6-7-24-19(28)15(14)16(25-26)10-5-4-9(18(23)27)8-13(10)22/h1-8H,(H2,23,27)(H,24,28). The summed E-state index contributed by atoms with van der Waals surface area (Å²) in [7, 11) is 0. The zero-order chi connectivity index (χ0) is 20.0. The summed E-state index contributed by atoms with van der Waals surface area (Å²) >= 11 is 0. The number of H-pyrrole nitrogens is 1. The van der Waals surface area contributed by atoms with Crippen molar-refractivity contribution >= 4 is 16.8 Å². The van der Waals surface area contributed by atoms with Gasteiger partial charge in [-0.3, -0.25) is 9.59 Å². The van der Waals surface area contributed by atoms with Gasteiger partial charge in [0, 0.05) is 17.3 Å². The van der Waals surface area contributed by atoms with E-state index in [1.54, 1.807) is 0 Å². The fourth-order valence-electron chi connectivity index (χ4n) is 2.99. The summed E-state index contributed by atoms with van der Waals surface area (Å²) in [5, 5.41) is 4.05. The molecule has 0 aliphatic heterocycles. The van der Waals surface area contributed by atoms with Crippen LogP contribution in [0.1, 0.15) is 10.4 Å². The SMILES string of the molecule is NC(=O)c1ccc(-c2nn(-c3c(F)cccc3F)c3cc[nH]c(=O)c23)c(F)c1. The van der Waals surface area contributed by atoms with Gasteiger partial charge in [-0.25, -0.2) is 17.9 Å². The second-order valence-electron chi connectivity index (χ2n) is 5.96. The molecule has 4 rings (SSSR count). The smallest absolute Gasteiger partial charge is 0.259 e. The molecule has 0 unspecified atom stereocenters. The normalized spacial score (nSPS) is 11.1. The van der Waals surface area contributed by atoms with E-state index in [-0.39, 0.29) is 27.7 Å². The minimum Gasteiger partial charge on any atom is -0.366 e. The molecular formula is C19H11F3N4O2. The Morgan fingerprint density at radius 1 is 1.04 bits per heavy atom. The number of carbonyl (C=O) groups excluding carboxylic acids is 1. The van der Waals surface area contributed by atoms with Crippen molar-refractivity contribution in [2.45, 2.75) is 0 Å². The maximum Gasteiger partial charge on any atom is 0.259 e. The van der Waals surface area contributed by atoms with Gasteiger partial charge in [0.1, 0.15) is 17.2 Å². The lowest BCUT2D eigenvalue weighted by Gasteiger charge is -2.06. The van der Waals surface area contributed by atoms with E-state index in [1.165, 1.54) is 30.5 Å². The molecule has 6 nitrogen and oxygen atoms in total. The van der Waals surface area contributed by atoms with Crippen molar-refractivity contribution in [2.75, 3.05) is 0 Å². The Morgan fingerprint density at radius 2 is 1.75 bits per heavy atom. The third kappa shape index (κ3) is 2.64. The third-order valence-corrected chi connectivity index (χ3v) is 4.26. The molecule has 2 aromatic carbocycles. The van der Waals surface area contributed by atoms with E-state index in [1.807, 2.05) is 0 Å². The molecule has 9 heteroatoms. The van der Waals surface area contributed by atoms with Gasteiger partial charge in [0.2, 0.25) is 5.91 Å². The van der Waals surface area contributed by atoms with Gasteiger partial charge in [0.15, 0.2) is 11.6 Å². The van der Waals surface area contributed by atoms with Crippen molar-refractivity contribution in [3.63, 3.8) is 0 Å². The number of pyridine rings is 1. The number of fused-ring (bicyclic) bond motifs is 1. The lowest BCUT2D eigenvalue weighted by atomic mass is 10.1. The molecule has 0 atom stereocenters. The maximum absolute atomic E-state index is 14.6. The number of rotatable bonds is 3. The molecule has 3 N–H and O–H groups in total. The van der Waals surface area contributed by atoms with Gasteiger partial charge in [0.05, 0.1) is 10.9 Å². The molecule has 2 aromatic heterocycles. The van der Waals surface area contributed by atoms with E-state index in [4.69, 9.17) is 5.73 Å². The Hall–Kier alpha value is -3.88. The first kappa shape index (κ1) is 17.5. The monoisotopic (exact) mass is 384 g/mol. The van der Waals surface area contributed by atoms with Gasteiger partial charge >= 0.3 is 0 Å². The van der Waals surface area contributed by atoms with Crippen LogP contribution in [0, 0.1) is 17.5 Å². The molecule has 0 aliphatic carbocycles. The first-order chi connectivity index (χ1) is 13.4. The van der Waals surface area contributed by atoms with Gasteiger partial charge in [-0.1, -0.05) is 6.07 Å². The molecule has 0 radical (unpaired) electrons. The van der Waals surface area contributed by atoms with Crippen molar-refractivity contribution in [1.29, 1.82) is 0 Å². The van der Waals surface area contributed by atoms with E-state index in [2.05, 4.69) is 10.1 Å².